The molecule has 0 amide bonds. The highest BCUT2D eigenvalue weighted by molar-refractivity contribution is 5.97. The molecule has 3 fully saturated rings. The zero-order valence-electron chi connectivity index (χ0n) is 13.2. The summed E-state index contributed by atoms with van der Waals surface area (Å²) in [7, 11) is 2.21. The number of hydrogen-bond donors (Lipinski definition) is 0. The number of aromatic nitrogens is 2. The summed E-state index contributed by atoms with van der Waals surface area (Å²) in [5, 5.41) is 0. The van der Waals surface area contributed by atoms with Crippen molar-refractivity contribution < 1.29 is 4.79 Å². The lowest BCUT2D eigenvalue weighted by atomic mass is 9.86. The van der Waals surface area contributed by atoms with E-state index in [0.29, 0.717) is 17.6 Å². The minimum atomic E-state index is 0.162. The third kappa shape index (κ3) is 2.41. The number of piperidine rings is 1. The molecule has 0 saturated carbocycles. The van der Waals surface area contributed by atoms with Crippen molar-refractivity contribution in [2.24, 2.45) is 5.92 Å². The van der Waals surface area contributed by atoms with Crippen molar-refractivity contribution in [2.75, 3.05) is 25.0 Å². The van der Waals surface area contributed by atoms with Gasteiger partial charge in [0.1, 0.15) is 0 Å². The molecule has 0 radical (unpaired) electrons. The summed E-state index contributed by atoms with van der Waals surface area (Å²) in [6.07, 6.45) is 10.4. The summed E-state index contributed by atoms with van der Waals surface area (Å²) in [5.41, 5.74) is 0.692. The van der Waals surface area contributed by atoms with E-state index in [1.54, 1.807) is 12.4 Å². The number of fused-ring (bicyclic) bond motifs is 2. The lowest BCUT2D eigenvalue weighted by Crippen LogP contribution is -2.42. The van der Waals surface area contributed by atoms with Crippen LogP contribution in [0.15, 0.2) is 12.4 Å². The molecule has 5 heteroatoms. The Kier molecular flexibility index (Phi) is 3.60. The van der Waals surface area contributed by atoms with Gasteiger partial charge in [0, 0.05) is 43.5 Å². The first-order valence-electron chi connectivity index (χ1n) is 8.55. The molecule has 3 aliphatic rings. The van der Waals surface area contributed by atoms with Crippen molar-refractivity contribution in [2.45, 2.75) is 50.6 Å². The summed E-state index contributed by atoms with van der Waals surface area (Å²) >= 11 is 0. The van der Waals surface area contributed by atoms with Crippen LogP contribution < -0.4 is 4.90 Å². The first-order valence-corrected chi connectivity index (χ1v) is 8.55. The quantitative estimate of drug-likeness (QED) is 0.800. The molecule has 3 saturated heterocycles. The highest BCUT2D eigenvalue weighted by Gasteiger charge is 2.41. The van der Waals surface area contributed by atoms with E-state index in [0.717, 1.165) is 31.9 Å². The second-order valence-corrected chi connectivity index (χ2v) is 7.05. The minimum Gasteiger partial charge on any atom is -0.341 e. The molecule has 22 heavy (non-hydrogen) atoms. The van der Waals surface area contributed by atoms with Gasteiger partial charge < -0.3 is 9.80 Å². The molecule has 5 nitrogen and oxygen atoms in total. The molecule has 0 aliphatic carbocycles. The number of anilines is 1. The Morgan fingerprint density at radius 3 is 2.27 bits per heavy atom. The Labute approximate surface area is 131 Å². The number of nitrogens with zero attached hydrogens (tertiary/aromatic N) is 4. The van der Waals surface area contributed by atoms with Gasteiger partial charge in [-0.25, -0.2) is 9.97 Å². The molecule has 4 heterocycles. The van der Waals surface area contributed by atoms with Gasteiger partial charge in [-0.3, -0.25) is 4.79 Å². The lowest BCUT2D eigenvalue weighted by Gasteiger charge is -2.35. The number of ketones is 1. The summed E-state index contributed by atoms with van der Waals surface area (Å²) in [6.45, 7) is 2.07. The summed E-state index contributed by atoms with van der Waals surface area (Å²) in [6, 6.07) is 1.19. The van der Waals surface area contributed by atoms with Crippen LogP contribution in [-0.2, 0) is 0 Å². The van der Waals surface area contributed by atoms with Gasteiger partial charge in [-0.1, -0.05) is 0 Å². The van der Waals surface area contributed by atoms with Crippen LogP contribution in [0.25, 0.3) is 0 Å². The minimum absolute atomic E-state index is 0.162. The van der Waals surface area contributed by atoms with Gasteiger partial charge in [-0.2, -0.15) is 0 Å². The van der Waals surface area contributed by atoms with E-state index < -0.39 is 0 Å². The molecular formula is C17H24N4O. The van der Waals surface area contributed by atoms with Crippen molar-refractivity contribution in [3.63, 3.8) is 0 Å². The van der Waals surface area contributed by atoms with Crippen LogP contribution >= 0.6 is 0 Å². The predicted molar refractivity (Wildman–Crippen MR) is 85.1 cm³/mol. The fraction of sp³-hybridized carbons (Fsp3) is 0.706. The zero-order chi connectivity index (χ0) is 15.1. The second kappa shape index (κ2) is 5.61. The summed E-state index contributed by atoms with van der Waals surface area (Å²) in [4.78, 5) is 26.3. The Morgan fingerprint density at radius 1 is 1.09 bits per heavy atom. The van der Waals surface area contributed by atoms with Gasteiger partial charge in [-0.15, -0.1) is 0 Å². The first-order chi connectivity index (χ1) is 10.7. The van der Waals surface area contributed by atoms with Crippen LogP contribution in [0.4, 0.5) is 5.95 Å². The number of rotatable bonds is 3. The van der Waals surface area contributed by atoms with E-state index >= 15 is 0 Å². The molecule has 2 unspecified atom stereocenters. The van der Waals surface area contributed by atoms with Crippen LogP contribution in [0.2, 0.25) is 0 Å². The maximum absolute atomic E-state index is 12.7. The fourth-order valence-corrected chi connectivity index (χ4v) is 4.39. The van der Waals surface area contributed by atoms with Gasteiger partial charge in [0.05, 0.1) is 5.56 Å². The van der Waals surface area contributed by atoms with Crippen molar-refractivity contribution >= 4 is 11.7 Å². The molecule has 2 bridgehead atoms. The van der Waals surface area contributed by atoms with Crippen molar-refractivity contribution in [3.8, 4) is 0 Å². The normalized spacial score (nSPS) is 31.7. The molecule has 0 aromatic carbocycles. The predicted octanol–water partition coefficient (Wildman–Crippen LogP) is 2.13. The summed E-state index contributed by atoms with van der Waals surface area (Å²) < 4.78 is 0. The Bertz CT molecular complexity index is 538. The van der Waals surface area contributed by atoms with Crippen molar-refractivity contribution in [1.29, 1.82) is 0 Å². The van der Waals surface area contributed by atoms with E-state index in [1.807, 2.05) is 0 Å². The molecule has 0 spiro atoms. The third-order valence-corrected chi connectivity index (χ3v) is 5.78. The Hall–Kier alpha value is -1.49. The van der Waals surface area contributed by atoms with Gasteiger partial charge in [0.2, 0.25) is 5.95 Å². The van der Waals surface area contributed by atoms with Gasteiger partial charge in [-0.05, 0) is 45.6 Å². The first kappa shape index (κ1) is 14.1. The summed E-state index contributed by atoms with van der Waals surface area (Å²) in [5.74, 6) is 1.19. The van der Waals surface area contributed by atoms with E-state index in [4.69, 9.17) is 0 Å². The van der Waals surface area contributed by atoms with Crippen LogP contribution in [0.1, 0.15) is 48.9 Å². The smallest absolute Gasteiger partial charge is 0.225 e. The maximum atomic E-state index is 12.7. The number of carbonyl (C=O) groups is 1. The molecule has 1 aromatic heterocycles. The van der Waals surface area contributed by atoms with E-state index in [-0.39, 0.29) is 11.7 Å². The topological polar surface area (TPSA) is 49.3 Å². The highest BCUT2D eigenvalue weighted by atomic mass is 16.1. The number of Topliss-reactive ketones (excluding diaryl/α,β-unsaturated/α-hetero) is 1. The molecule has 4 rings (SSSR count). The van der Waals surface area contributed by atoms with E-state index in [9.17, 15) is 4.79 Å². The van der Waals surface area contributed by atoms with Crippen LogP contribution in [0.3, 0.4) is 0 Å². The Balaban J connectivity index is 1.46. The van der Waals surface area contributed by atoms with Crippen molar-refractivity contribution in [3.05, 3.63) is 18.0 Å². The lowest BCUT2D eigenvalue weighted by molar-refractivity contribution is 0.0766. The second-order valence-electron chi connectivity index (χ2n) is 7.05. The van der Waals surface area contributed by atoms with Gasteiger partial charge in [0.25, 0.3) is 0 Å². The number of hydrogen-bond acceptors (Lipinski definition) is 5. The average molecular weight is 300 g/mol. The zero-order valence-corrected chi connectivity index (χ0v) is 13.2. The number of carbonyl (C=O) groups excluding carboxylic acids is 1. The molecule has 118 valence electrons. The largest absolute Gasteiger partial charge is 0.341 e. The molecular weight excluding hydrogens is 276 g/mol. The van der Waals surface area contributed by atoms with Gasteiger partial charge >= 0.3 is 0 Å². The van der Waals surface area contributed by atoms with Crippen LogP contribution in [0.5, 0.6) is 0 Å². The van der Waals surface area contributed by atoms with E-state index in [1.165, 1.54) is 25.7 Å². The molecule has 3 aliphatic heterocycles. The Morgan fingerprint density at radius 2 is 1.68 bits per heavy atom. The van der Waals surface area contributed by atoms with Crippen LogP contribution in [0, 0.1) is 5.92 Å². The van der Waals surface area contributed by atoms with E-state index in [2.05, 4.69) is 26.8 Å². The highest BCUT2D eigenvalue weighted by Crippen LogP contribution is 2.38. The third-order valence-electron chi connectivity index (χ3n) is 5.78. The monoisotopic (exact) mass is 300 g/mol. The maximum Gasteiger partial charge on any atom is 0.225 e. The molecule has 1 aromatic rings. The van der Waals surface area contributed by atoms with Crippen molar-refractivity contribution in [1.82, 2.24) is 14.9 Å². The fourth-order valence-electron chi connectivity index (χ4n) is 4.39. The van der Waals surface area contributed by atoms with Gasteiger partial charge in [0.15, 0.2) is 5.78 Å². The average Bonchev–Trinajstić information content (AvgIpc) is 3.13. The SMILES string of the molecule is CN1C2CCC1CC(C(=O)c1cnc(N3CCCC3)nc1)C2. The molecule has 0 N–H and O–H groups in total. The standard InChI is InChI=1S/C17H24N4O/c1-20-14-4-5-15(20)9-12(8-14)16(22)13-10-18-17(19-11-13)21-6-2-3-7-21/h10-12,14-15H,2-9H2,1H3. The van der Waals surface area contributed by atoms with Crippen LogP contribution in [-0.4, -0.2) is 52.9 Å². The molecule has 2 atom stereocenters.